The summed E-state index contributed by atoms with van der Waals surface area (Å²) in [7, 11) is 0. The Hall–Kier alpha value is -2.73. The molecule has 138 valence electrons. The largest absolute Gasteiger partial charge is 0.398 e. The molecule has 27 heavy (non-hydrogen) atoms. The number of nitrogens with two attached hydrogens (primary N) is 1. The zero-order valence-corrected chi connectivity index (χ0v) is 15.4. The van der Waals surface area contributed by atoms with Gasteiger partial charge in [0.25, 0.3) is 0 Å². The Bertz CT molecular complexity index is 898. The van der Waals surface area contributed by atoms with Gasteiger partial charge < -0.3 is 20.5 Å². The van der Waals surface area contributed by atoms with Crippen LogP contribution in [0.5, 0.6) is 0 Å². The van der Waals surface area contributed by atoms with Crippen molar-refractivity contribution in [2.75, 3.05) is 19.8 Å². The monoisotopic (exact) mass is 381 g/mol. The smallest absolute Gasteiger partial charge is 0.134 e. The Morgan fingerprint density at radius 1 is 1.41 bits per heavy atom. The molecule has 7 nitrogen and oxygen atoms in total. The Kier molecular flexibility index (Phi) is 4.90. The molecule has 0 aromatic carbocycles. The van der Waals surface area contributed by atoms with E-state index in [2.05, 4.69) is 21.4 Å². The molecule has 0 saturated carbocycles. The number of nitriles is 1. The third-order valence-corrected chi connectivity index (χ3v) is 5.52. The Balaban J connectivity index is 1.74. The summed E-state index contributed by atoms with van der Waals surface area (Å²) in [5.74, 6) is 0. The molecule has 0 amide bonds. The topological polar surface area (TPSA) is 106 Å². The van der Waals surface area contributed by atoms with E-state index in [0.717, 1.165) is 11.4 Å². The first-order valence-corrected chi connectivity index (χ1v) is 9.52. The molecule has 0 radical (unpaired) electrons. The predicted octanol–water partition coefficient (Wildman–Crippen LogP) is 1.92. The predicted molar refractivity (Wildman–Crippen MR) is 101 cm³/mol. The molecular formula is C19H19N5O2S. The Labute approximate surface area is 161 Å². The second kappa shape index (κ2) is 7.48. The van der Waals surface area contributed by atoms with E-state index in [1.807, 2.05) is 29.7 Å². The van der Waals surface area contributed by atoms with Crippen molar-refractivity contribution in [3.05, 3.63) is 64.0 Å². The van der Waals surface area contributed by atoms with E-state index in [-0.39, 0.29) is 6.10 Å². The molecule has 4 heterocycles. The fraction of sp³-hybridized carbons (Fsp3) is 0.316. The number of ether oxygens (including phenoxy) is 2. The normalized spacial score (nSPS) is 25.0. The van der Waals surface area contributed by atoms with Crippen LogP contribution in [-0.2, 0) is 15.0 Å². The minimum absolute atomic E-state index is 0.0397. The fourth-order valence-electron chi connectivity index (χ4n) is 3.22. The molecule has 0 bridgehead atoms. The van der Waals surface area contributed by atoms with Gasteiger partial charge in [-0.3, -0.25) is 4.98 Å². The SMILES string of the molecule is N#CC1=C(c2ccccn2)N[C@@](COC2CCOC2)(c2nccs2)C=C1N. The van der Waals surface area contributed by atoms with Gasteiger partial charge in [0, 0.05) is 24.4 Å². The summed E-state index contributed by atoms with van der Waals surface area (Å²) in [5.41, 5.74) is 7.51. The average Bonchev–Trinajstić information content (AvgIpc) is 3.41. The van der Waals surface area contributed by atoms with Gasteiger partial charge in [0.15, 0.2) is 0 Å². The van der Waals surface area contributed by atoms with Crippen molar-refractivity contribution in [3.8, 4) is 6.07 Å². The molecule has 2 aromatic heterocycles. The number of pyridine rings is 1. The maximum Gasteiger partial charge on any atom is 0.134 e. The van der Waals surface area contributed by atoms with Gasteiger partial charge in [-0.2, -0.15) is 5.26 Å². The third kappa shape index (κ3) is 3.45. The molecule has 2 aliphatic rings. The summed E-state index contributed by atoms with van der Waals surface area (Å²) < 4.78 is 11.5. The van der Waals surface area contributed by atoms with E-state index in [0.29, 0.717) is 42.5 Å². The maximum absolute atomic E-state index is 9.64. The number of hydrogen-bond acceptors (Lipinski definition) is 8. The van der Waals surface area contributed by atoms with Crippen molar-refractivity contribution in [3.63, 3.8) is 0 Å². The van der Waals surface area contributed by atoms with Gasteiger partial charge in [0.1, 0.15) is 22.2 Å². The lowest BCUT2D eigenvalue weighted by Gasteiger charge is -2.36. The maximum atomic E-state index is 9.64. The minimum atomic E-state index is -0.770. The van der Waals surface area contributed by atoms with Crippen molar-refractivity contribution >= 4 is 17.0 Å². The first-order valence-electron chi connectivity index (χ1n) is 8.64. The summed E-state index contributed by atoms with van der Waals surface area (Å²) in [6, 6.07) is 7.73. The van der Waals surface area contributed by atoms with Crippen molar-refractivity contribution in [2.24, 2.45) is 5.73 Å². The van der Waals surface area contributed by atoms with Gasteiger partial charge in [-0.1, -0.05) is 6.07 Å². The fourth-order valence-corrected chi connectivity index (χ4v) is 3.97. The van der Waals surface area contributed by atoms with Crippen LogP contribution in [0.15, 0.2) is 53.3 Å². The highest BCUT2D eigenvalue weighted by atomic mass is 32.1. The van der Waals surface area contributed by atoms with E-state index < -0.39 is 5.54 Å². The van der Waals surface area contributed by atoms with Crippen molar-refractivity contribution < 1.29 is 9.47 Å². The highest BCUT2D eigenvalue weighted by Gasteiger charge is 2.40. The van der Waals surface area contributed by atoms with Crippen LogP contribution in [0.2, 0.25) is 0 Å². The molecule has 3 N–H and O–H groups in total. The van der Waals surface area contributed by atoms with E-state index >= 15 is 0 Å². The zero-order valence-electron chi connectivity index (χ0n) is 14.6. The molecule has 4 rings (SSSR count). The van der Waals surface area contributed by atoms with Gasteiger partial charge in [-0.15, -0.1) is 11.3 Å². The van der Waals surface area contributed by atoms with E-state index in [4.69, 9.17) is 15.2 Å². The van der Waals surface area contributed by atoms with Crippen molar-refractivity contribution in [2.45, 2.75) is 18.1 Å². The van der Waals surface area contributed by atoms with Crippen LogP contribution in [-0.4, -0.2) is 35.9 Å². The molecule has 1 saturated heterocycles. The zero-order chi connectivity index (χ0) is 18.7. The number of dihydropyridines is 1. The standard InChI is InChI=1S/C19H19N5O2S/c20-10-14-15(21)9-19(18-23-6-8-27-18,12-26-13-4-7-25-11-13)24-17(14)16-3-1-2-5-22-16/h1-3,5-6,8-9,13,24H,4,7,11-12,21H2/t13?,19-/m0/s1. The number of rotatable bonds is 5. The molecule has 2 atom stereocenters. The molecule has 0 spiro atoms. The second-order valence-electron chi connectivity index (χ2n) is 6.41. The highest BCUT2D eigenvalue weighted by Crippen LogP contribution is 2.36. The van der Waals surface area contributed by atoms with Crippen LogP contribution in [0.25, 0.3) is 5.70 Å². The molecule has 8 heteroatoms. The minimum Gasteiger partial charge on any atom is -0.398 e. The third-order valence-electron chi connectivity index (χ3n) is 4.57. The summed E-state index contributed by atoms with van der Waals surface area (Å²) in [4.78, 5) is 8.88. The van der Waals surface area contributed by atoms with Crippen LogP contribution < -0.4 is 11.1 Å². The van der Waals surface area contributed by atoms with Gasteiger partial charge >= 0.3 is 0 Å². The van der Waals surface area contributed by atoms with Crippen molar-refractivity contribution in [1.82, 2.24) is 15.3 Å². The number of allylic oxidation sites excluding steroid dienone is 1. The molecule has 1 unspecified atom stereocenters. The van der Waals surface area contributed by atoms with Crippen LogP contribution in [0.3, 0.4) is 0 Å². The summed E-state index contributed by atoms with van der Waals surface area (Å²) in [5, 5.41) is 15.8. The molecule has 1 fully saturated rings. The van der Waals surface area contributed by atoms with Gasteiger partial charge in [-0.25, -0.2) is 4.98 Å². The van der Waals surface area contributed by atoms with Crippen LogP contribution in [0, 0.1) is 11.3 Å². The van der Waals surface area contributed by atoms with Crippen molar-refractivity contribution in [1.29, 1.82) is 5.26 Å². The quantitative estimate of drug-likeness (QED) is 0.815. The van der Waals surface area contributed by atoms with Crippen LogP contribution in [0.4, 0.5) is 0 Å². The second-order valence-corrected chi connectivity index (χ2v) is 7.30. The summed E-state index contributed by atoms with van der Waals surface area (Å²) in [6.07, 6.45) is 6.16. The summed E-state index contributed by atoms with van der Waals surface area (Å²) >= 11 is 1.51. The lowest BCUT2D eigenvalue weighted by Crippen LogP contribution is -2.48. The first kappa shape index (κ1) is 17.7. The molecule has 2 aliphatic heterocycles. The number of thiazole rings is 1. The van der Waals surface area contributed by atoms with E-state index in [1.54, 1.807) is 12.4 Å². The molecular weight excluding hydrogens is 362 g/mol. The lowest BCUT2D eigenvalue weighted by atomic mass is 9.91. The van der Waals surface area contributed by atoms with Gasteiger partial charge in [-0.05, 0) is 24.6 Å². The number of nitrogens with zero attached hydrogens (tertiary/aromatic N) is 3. The molecule has 2 aromatic rings. The van der Waals surface area contributed by atoms with Crippen LogP contribution >= 0.6 is 11.3 Å². The van der Waals surface area contributed by atoms with E-state index in [1.165, 1.54) is 11.3 Å². The highest BCUT2D eigenvalue weighted by molar-refractivity contribution is 7.09. The average molecular weight is 381 g/mol. The Morgan fingerprint density at radius 3 is 3.00 bits per heavy atom. The Morgan fingerprint density at radius 2 is 2.33 bits per heavy atom. The number of aromatic nitrogens is 2. The summed E-state index contributed by atoms with van der Waals surface area (Å²) in [6.45, 7) is 1.61. The number of hydrogen-bond donors (Lipinski definition) is 2. The van der Waals surface area contributed by atoms with Gasteiger partial charge in [0.2, 0.25) is 0 Å². The van der Waals surface area contributed by atoms with Gasteiger partial charge in [0.05, 0.1) is 36.4 Å². The van der Waals surface area contributed by atoms with E-state index in [9.17, 15) is 5.26 Å². The first-order chi connectivity index (χ1) is 13.2. The lowest BCUT2D eigenvalue weighted by molar-refractivity contribution is 0.0171. The molecule has 0 aliphatic carbocycles. The number of nitrogens with one attached hydrogen (secondary N) is 1. The van der Waals surface area contributed by atoms with Crippen LogP contribution in [0.1, 0.15) is 17.1 Å².